The molecule has 8 nitrogen and oxygen atoms in total. The second kappa shape index (κ2) is 26.6. The number of hydrogen-bond donors (Lipinski definition) is 0. The Balaban J connectivity index is 0.0000000999. The molecule has 0 N–H and O–H groups in total. The van der Waals surface area contributed by atoms with Gasteiger partial charge >= 0.3 is 0 Å². The first-order valence-corrected chi connectivity index (χ1v) is 44.1. The topological polar surface area (TPSA) is 79.2 Å². The number of thiophene rings is 5. The van der Waals surface area contributed by atoms with Gasteiger partial charge in [-0.15, -0.1) is 56.7 Å². The zero-order chi connectivity index (χ0) is 78.3. The molecule has 0 amide bonds. The van der Waals surface area contributed by atoms with E-state index in [1.54, 1.807) is 0 Å². The molecule has 0 aliphatic heterocycles. The van der Waals surface area contributed by atoms with Gasteiger partial charge < -0.3 is 9.13 Å². The summed E-state index contributed by atoms with van der Waals surface area (Å²) in [6, 6.07) is 120. The van der Waals surface area contributed by atoms with E-state index >= 15 is 0 Å². The highest BCUT2D eigenvalue weighted by Crippen LogP contribution is 2.56. The summed E-state index contributed by atoms with van der Waals surface area (Å²) in [5.74, 6) is 1.92. The van der Waals surface area contributed by atoms with Gasteiger partial charge in [-0.25, -0.2) is 4.98 Å². The van der Waals surface area contributed by atoms with Gasteiger partial charge in [0.05, 0.1) is 49.5 Å². The van der Waals surface area contributed by atoms with E-state index in [1.807, 2.05) is 105 Å². The summed E-state index contributed by atoms with van der Waals surface area (Å²) >= 11 is 9.47. The zero-order valence-electron chi connectivity index (χ0n) is 64.1. The van der Waals surface area contributed by atoms with Crippen molar-refractivity contribution in [1.82, 2.24) is 38.6 Å². The molecule has 119 heavy (non-hydrogen) atoms. The van der Waals surface area contributed by atoms with Gasteiger partial charge in [-0.05, 0) is 119 Å². The van der Waals surface area contributed by atoms with Crippen LogP contribution in [-0.4, -0.2) is 38.6 Å². The number of fused-ring (bicyclic) bond motifs is 33. The van der Waals surface area contributed by atoms with Crippen LogP contribution in [0, 0.1) is 0 Å². The van der Waals surface area contributed by atoms with Crippen LogP contribution in [0.2, 0.25) is 0 Å². The zero-order valence-corrected chi connectivity index (χ0v) is 68.2. The molecule has 13 heteroatoms. The van der Waals surface area contributed by atoms with Crippen molar-refractivity contribution in [2.24, 2.45) is 0 Å². The first kappa shape index (κ1) is 68.3. The van der Waals surface area contributed by atoms with Crippen LogP contribution >= 0.6 is 56.7 Å². The molecule has 0 saturated heterocycles. The van der Waals surface area contributed by atoms with Crippen LogP contribution in [0.1, 0.15) is 25.0 Å². The van der Waals surface area contributed by atoms with Crippen molar-refractivity contribution < 1.29 is 0 Å². The van der Waals surface area contributed by atoms with E-state index in [0.717, 1.165) is 38.9 Å². The molecule has 1 aliphatic rings. The average Bonchev–Trinajstić information content (AvgIpc) is 1.55. The van der Waals surface area contributed by atoms with Gasteiger partial charge in [-0.1, -0.05) is 257 Å². The van der Waals surface area contributed by atoms with Crippen LogP contribution in [0.15, 0.2) is 352 Å². The minimum absolute atomic E-state index is 0.00236. The molecular weight excluding hydrogens is 1550 g/mol. The predicted molar refractivity (Wildman–Crippen MR) is 510 cm³/mol. The van der Waals surface area contributed by atoms with Crippen LogP contribution in [0.5, 0.6) is 0 Å². The maximum Gasteiger partial charge on any atom is 0.238 e. The second-order valence-electron chi connectivity index (χ2n) is 31.2. The Hall–Kier alpha value is -13.9. The van der Waals surface area contributed by atoms with E-state index < -0.39 is 0 Å². The molecule has 0 saturated carbocycles. The Morgan fingerprint density at radius 2 is 0.697 bits per heavy atom. The summed E-state index contributed by atoms with van der Waals surface area (Å²) in [5.41, 5.74) is 20.4. The lowest BCUT2D eigenvalue weighted by Gasteiger charge is -2.21. The summed E-state index contributed by atoms with van der Waals surface area (Å²) in [7, 11) is 0. The fourth-order valence-electron chi connectivity index (χ4n) is 19.1. The third-order valence-corrected chi connectivity index (χ3v) is 30.5. The number of pyridine rings is 2. The van der Waals surface area contributed by atoms with Crippen molar-refractivity contribution in [1.29, 1.82) is 0 Å². The van der Waals surface area contributed by atoms with Crippen molar-refractivity contribution in [2.75, 3.05) is 0 Å². The largest absolute Gasteiger partial charge is 0.309 e. The highest BCUT2D eigenvalue weighted by molar-refractivity contribution is 7.29. The standard InChI is InChI=1S/C39H22N4S2.C35H20N2S2.C32H22N2S/c1-3-11-23(12-4-1)37-40-38(24-13-5-2-6-14-24)42-39(41-37)43-29-21-19-27-25-15-7-9-17-31(25)44-35(27)33(29)34-30(43)22-20-28-26-16-8-10-18-32(26)45-36(28)34;1-3-10-30-24(8-1)26-12-14-28-32(34(26)38-30)33-29(15-13-27-25-9-2-4-11-31(25)39-35(27)33)37(28)23-7-5-6-22(20-23)21-16-18-36-19-17-21;1-32(2)23-14-8-6-12-20(23)27-24(32)17-16-22-29-31(35-30(22)27)28-21-13-7-9-15-25(21)34(26(28)18-33-29)19-10-4-3-5-11-19/h1-22H;1-20H;3-18H,1-2H3. The van der Waals surface area contributed by atoms with Gasteiger partial charge in [-0.2, -0.15) is 9.97 Å². The molecule has 0 unspecified atom stereocenters. The molecule has 26 aromatic rings. The Morgan fingerprint density at radius 1 is 0.269 bits per heavy atom. The van der Waals surface area contributed by atoms with Crippen molar-refractivity contribution >= 4 is 223 Å². The Labute approximate surface area is 701 Å². The first-order chi connectivity index (χ1) is 58.8. The molecule has 27 rings (SSSR count). The van der Waals surface area contributed by atoms with Crippen LogP contribution < -0.4 is 0 Å². The number of nitrogens with zero attached hydrogens (tertiary/aromatic N) is 8. The molecule has 1 aliphatic carbocycles. The van der Waals surface area contributed by atoms with Gasteiger partial charge in [0, 0.05) is 169 Å². The van der Waals surface area contributed by atoms with Crippen molar-refractivity contribution in [3.8, 4) is 62.4 Å². The number of hydrogen-bond acceptors (Lipinski definition) is 10. The molecule has 15 aromatic carbocycles. The molecule has 0 atom stereocenters. The minimum Gasteiger partial charge on any atom is -0.309 e. The van der Waals surface area contributed by atoms with Crippen molar-refractivity contribution in [2.45, 2.75) is 19.3 Å². The van der Waals surface area contributed by atoms with Crippen LogP contribution in [0.3, 0.4) is 0 Å². The maximum absolute atomic E-state index is 5.17. The van der Waals surface area contributed by atoms with E-state index in [4.69, 9.17) is 19.9 Å². The van der Waals surface area contributed by atoms with E-state index in [-0.39, 0.29) is 5.41 Å². The summed E-state index contributed by atoms with van der Waals surface area (Å²) < 4.78 is 20.3. The predicted octanol–water partition coefficient (Wildman–Crippen LogP) is 30.5. The summed E-state index contributed by atoms with van der Waals surface area (Å²) in [5, 5.41) is 19.6. The average molecular weight is 1610 g/mol. The highest BCUT2D eigenvalue weighted by Gasteiger charge is 2.37. The number of benzene rings is 15. The molecule has 0 bridgehead atoms. The van der Waals surface area contributed by atoms with E-state index in [1.165, 1.54) is 183 Å². The van der Waals surface area contributed by atoms with Crippen LogP contribution in [0.25, 0.3) is 229 Å². The SMILES string of the molecule is CC1(C)c2ccccc2-c2c1ccc1c2sc2c1ncc1c2c2ccccc2n1-c1ccccc1.c1cc(-c2ccncc2)cc(-n2c3ccc4c5ccccc5sc4c3c3c4sc5ccccc5c4ccc32)c1.c1ccc(-c2nc(-c3ccccc3)nc(-n3c4ccc5c6ccccc6sc5c4c4c5sc6ccccc6c5ccc43)n2)cc1. The molecular formula is C106H64N8S5. The lowest BCUT2D eigenvalue weighted by Crippen LogP contribution is -2.14. The summed E-state index contributed by atoms with van der Waals surface area (Å²) in [4.78, 5) is 24.6. The highest BCUT2D eigenvalue weighted by atomic mass is 32.1. The Bertz CT molecular complexity index is 8410. The number of aromatic nitrogens is 8. The molecule has 0 fully saturated rings. The van der Waals surface area contributed by atoms with E-state index in [2.05, 4.69) is 336 Å². The number of para-hydroxylation sites is 2. The smallest absolute Gasteiger partial charge is 0.238 e. The quantitative estimate of drug-likeness (QED) is 0.166. The monoisotopic (exact) mass is 1610 g/mol. The van der Waals surface area contributed by atoms with Gasteiger partial charge in [0.15, 0.2) is 11.6 Å². The van der Waals surface area contributed by atoms with Gasteiger partial charge in [0.1, 0.15) is 0 Å². The minimum atomic E-state index is 0.00236. The van der Waals surface area contributed by atoms with Gasteiger partial charge in [0.2, 0.25) is 5.95 Å². The Morgan fingerprint density at radius 3 is 1.23 bits per heavy atom. The fraction of sp³-hybridized carbons (Fsp3) is 0.0283. The van der Waals surface area contributed by atoms with Crippen LogP contribution in [-0.2, 0) is 5.41 Å². The van der Waals surface area contributed by atoms with Crippen LogP contribution in [0.4, 0.5) is 0 Å². The van der Waals surface area contributed by atoms with E-state index in [0.29, 0.717) is 17.6 Å². The summed E-state index contributed by atoms with van der Waals surface area (Å²) in [6.07, 6.45) is 5.79. The van der Waals surface area contributed by atoms with Crippen molar-refractivity contribution in [3.63, 3.8) is 0 Å². The molecule has 11 aromatic heterocycles. The molecule has 0 spiro atoms. The third-order valence-electron chi connectivity index (χ3n) is 24.4. The fourth-order valence-corrected chi connectivity index (χ4v) is 25.5. The lowest BCUT2D eigenvalue weighted by atomic mass is 9.82. The third kappa shape index (κ3) is 10.3. The Kier molecular flexibility index (Phi) is 15.3. The number of rotatable bonds is 6. The first-order valence-electron chi connectivity index (χ1n) is 40.0. The van der Waals surface area contributed by atoms with E-state index in [9.17, 15) is 0 Å². The molecule has 0 radical (unpaired) electrons. The molecule has 11 heterocycles. The van der Waals surface area contributed by atoms with Gasteiger partial charge in [-0.3, -0.25) is 14.5 Å². The van der Waals surface area contributed by atoms with Crippen molar-refractivity contribution in [3.05, 3.63) is 363 Å². The molecule has 558 valence electrons. The second-order valence-corrected chi connectivity index (χ2v) is 36.5. The summed E-state index contributed by atoms with van der Waals surface area (Å²) in [6.45, 7) is 4.70. The lowest BCUT2D eigenvalue weighted by molar-refractivity contribution is 0.661. The normalized spacial score (nSPS) is 12.7. The maximum atomic E-state index is 5.17. The van der Waals surface area contributed by atoms with Gasteiger partial charge in [0.25, 0.3) is 0 Å².